The van der Waals surface area contributed by atoms with E-state index in [1.807, 2.05) is 0 Å². The van der Waals surface area contributed by atoms with E-state index in [9.17, 15) is 0 Å². The van der Waals surface area contributed by atoms with Crippen molar-refractivity contribution in [2.24, 2.45) is 5.92 Å². The van der Waals surface area contributed by atoms with E-state index in [4.69, 9.17) is 4.74 Å². The van der Waals surface area contributed by atoms with Crippen LogP contribution in [0, 0.1) is 5.92 Å². The third-order valence-electron chi connectivity index (χ3n) is 3.98. The van der Waals surface area contributed by atoms with Crippen LogP contribution in [0.2, 0.25) is 0 Å². The lowest BCUT2D eigenvalue weighted by atomic mass is 9.96. The van der Waals surface area contributed by atoms with E-state index in [2.05, 4.69) is 22.9 Å². The van der Waals surface area contributed by atoms with Crippen LogP contribution in [-0.4, -0.2) is 17.0 Å². The standard InChI is InChI=1S/C13H23BrO/c1-11(12-6-7-12)15-13(10-14)8-4-2-3-5-9-13/h11-12H,2-10H2,1H3. The second-order valence-electron chi connectivity index (χ2n) is 5.39. The van der Waals surface area contributed by atoms with Gasteiger partial charge in [0.1, 0.15) is 0 Å². The number of hydrogen-bond donors (Lipinski definition) is 0. The number of rotatable bonds is 4. The van der Waals surface area contributed by atoms with Crippen LogP contribution in [0.4, 0.5) is 0 Å². The Morgan fingerprint density at radius 1 is 1.20 bits per heavy atom. The monoisotopic (exact) mass is 274 g/mol. The number of ether oxygens (including phenoxy) is 1. The lowest BCUT2D eigenvalue weighted by Gasteiger charge is -2.34. The molecule has 2 aliphatic carbocycles. The van der Waals surface area contributed by atoms with Crippen molar-refractivity contribution < 1.29 is 4.74 Å². The van der Waals surface area contributed by atoms with E-state index in [0.717, 1.165) is 11.2 Å². The van der Waals surface area contributed by atoms with Gasteiger partial charge in [0, 0.05) is 5.33 Å². The Kier molecular flexibility index (Phi) is 4.11. The van der Waals surface area contributed by atoms with Crippen LogP contribution in [0.3, 0.4) is 0 Å². The van der Waals surface area contributed by atoms with Crippen LogP contribution in [0.5, 0.6) is 0 Å². The molecule has 0 spiro atoms. The minimum absolute atomic E-state index is 0.165. The molecule has 0 aromatic rings. The third-order valence-corrected chi connectivity index (χ3v) is 5.00. The fourth-order valence-electron chi connectivity index (χ4n) is 2.71. The zero-order valence-corrected chi connectivity index (χ0v) is 11.4. The first-order valence-electron chi connectivity index (χ1n) is 6.49. The maximum absolute atomic E-state index is 6.39. The van der Waals surface area contributed by atoms with Gasteiger partial charge in [-0.05, 0) is 38.5 Å². The van der Waals surface area contributed by atoms with Gasteiger partial charge in [0.2, 0.25) is 0 Å². The van der Waals surface area contributed by atoms with E-state index in [1.165, 1.54) is 51.4 Å². The smallest absolute Gasteiger partial charge is 0.0782 e. The van der Waals surface area contributed by atoms with Gasteiger partial charge in [-0.2, -0.15) is 0 Å². The molecule has 0 aliphatic heterocycles. The highest BCUT2D eigenvalue weighted by Gasteiger charge is 2.37. The van der Waals surface area contributed by atoms with Gasteiger partial charge in [-0.15, -0.1) is 0 Å². The van der Waals surface area contributed by atoms with Gasteiger partial charge in [-0.3, -0.25) is 0 Å². The number of halogens is 1. The summed E-state index contributed by atoms with van der Waals surface area (Å²) in [5.74, 6) is 0.865. The van der Waals surface area contributed by atoms with Crippen molar-refractivity contribution in [3.63, 3.8) is 0 Å². The first kappa shape index (κ1) is 11.9. The fourth-order valence-corrected chi connectivity index (χ4v) is 3.40. The highest BCUT2D eigenvalue weighted by atomic mass is 79.9. The molecule has 0 aromatic heterocycles. The van der Waals surface area contributed by atoms with Crippen molar-refractivity contribution in [3.8, 4) is 0 Å². The van der Waals surface area contributed by atoms with Crippen LogP contribution in [-0.2, 0) is 4.74 Å². The van der Waals surface area contributed by atoms with Gasteiger partial charge in [0.15, 0.2) is 0 Å². The van der Waals surface area contributed by atoms with Gasteiger partial charge in [-0.25, -0.2) is 0 Å². The zero-order valence-electron chi connectivity index (χ0n) is 9.80. The van der Waals surface area contributed by atoms with Gasteiger partial charge in [0.05, 0.1) is 11.7 Å². The van der Waals surface area contributed by atoms with Crippen molar-refractivity contribution >= 4 is 15.9 Å². The van der Waals surface area contributed by atoms with Gasteiger partial charge in [0.25, 0.3) is 0 Å². The zero-order chi connectivity index (χ0) is 10.7. The van der Waals surface area contributed by atoms with Gasteiger partial charge < -0.3 is 4.74 Å². The SMILES string of the molecule is CC(OC1(CBr)CCCCCC1)C1CC1. The van der Waals surface area contributed by atoms with E-state index in [-0.39, 0.29) is 5.60 Å². The quantitative estimate of drug-likeness (QED) is 0.549. The van der Waals surface area contributed by atoms with Crippen molar-refractivity contribution in [2.45, 2.75) is 70.0 Å². The number of alkyl halides is 1. The molecule has 88 valence electrons. The summed E-state index contributed by atoms with van der Waals surface area (Å²) in [6, 6.07) is 0. The highest BCUT2D eigenvalue weighted by molar-refractivity contribution is 9.09. The molecular formula is C13H23BrO. The average Bonchev–Trinajstić information content (AvgIpc) is 3.05. The Labute approximate surface area is 102 Å². The summed E-state index contributed by atoms with van der Waals surface area (Å²) in [6.45, 7) is 2.27. The Bertz CT molecular complexity index is 193. The van der Waals surface area contributed by atoms with Crippen LogP contribution < -0.4 is 0 Å². The molecule has 15 heavy (non-hydrogen) atoms. The van der Waals surface area contributed by atoms with E-state index in [1.54, 1.807) is 0 Å². The van der Waals surface area contributed by atoms with E-state index in [0.29, 0.717) is 6.10 Å². The van der Waals surface area contributed by atoms with Crippen LogP contribution in [0.1, 0.15) is 58.3 Å². The number of hydrogen-bond acceptors (Lipinski definition) is 1. The van der Waals surface area contributed by atoms with Gasteiger partial charge in [-0.1, -0.05) is 41.6 Å². The molecule has 2 heteroatoms. The topological polar surface area (TPSA) is 9.23 Å². The first-order chi connectivity index (χ1) is 7.26. The molecular weight excluding hydrogens is 252 g/mol. The Morgan fingerprint density at radius 2 is 1.80 bits per heavy atom. The predicted molar refractivity (Wildman–Crippen MR) is 67.5 cm³/mol. The molecule has 1 atom stereocenters. The molecule has 0 saturated heterocycles. The molecule has 1 nitrogen and oxygen atoms in total. The summed E-state index contributed by atoms with van der Waals surface area (Å²) < 4.78 is 6.39. The van der Waals surface area contributed by atoms with Crippen molar-refractivity contribution in [2.75, 3.05) is 5.33 Å². The molecule has 0 heterocycles. The van der Waals surface area contributed by atoms with Crippen molar-refractivity contribution in [1.29, 1.82) is 0 Å². The average molecular weight is 275 g/mol. The van der Waals surface area contributed by atoms with Crippen molar-refractivity contribution in [1.82, 2.24) is 0 Å². The Morgan fingerprint density at radius 3 is 2.27 bits per heavy atom. The molecule has 2 rings (SSSR count). The lowest BCUT2D eigenvalue weighted by Crippen LogP contribution is -2.38. The first-order valence-corrected chi connectivity index (χ1v) is 7.62. The van der Waals surface area contributed by atoms with Gasteiger partial charge >= 0.3 is 0 Å². The van der Waals surface area contributed by atoms with Crippen LogP contribution in [0.15, 0.2) is 0 Å². The maximum Gasteiger partial charge on any atom is 0.0782 e. The minimum atomic E-state index is 0.165. The predicted octanol–water partition coefficient (Wildman–Crippen LogP) is 4.29. The summed E-state index contributed by atoms with van der Waals surface area (Å²) in [5, 5.41) is 1.02. The molecule has 0 N–H and O–H groups in total. The molecule has 2 fully saturated rings. The van der Waals surface area contributed by atoms with Crippen molar-refractivity contribution in [3.05, 3.63) is 0 Å². The fraction of sp³-hybridized carbons (Fsp3) is 1.00. The van der Waals surface area contributed by atoms with E-state index >= 15 is 0 Å². The molecule has 2 aliphatic rings. The minimum Gasteiger partial charge on any atom is -0.371 e. The molecule has 2 saturated carbocycles. The van der Waals surface area contributed by atoms with Crippen LogP contribution >= 0.6 is 15.9 Å². The summed E-state index contributed by atoms with van der Waals surface area (Å²) in [4.78, 5) is 0. The molecule has 1 unspecified atom stereocenters. The summed E-state index contributed by atoms with van der Waals surface area (Å²) in [7, 11) is 0. The lowest BCUT2D eigenvalue weighted by molar-refractivity contribution is -0.0877. The normalized spacial score (nSPS) is 28.4. The van der Waals surface area contributed by atoms with Crippen LogP contribution in [0.25, 0.3) is 0 Å². The maximum atomic E-state index is 6.39. The molecule has 0 bridgehead atoms. The molecule has 0 radical (unpaired) electrons. The highest BCUT2D eigenvalue weighted by Crippen LogP contribution is 2.40. The van der Waals surface area contributed by atoms with E-state index < -0.39 is 0 Å². The summed E-state index contributed by atoms with van der Waals surface area (Å²) >= 11 is 3.68. The Balaban J connectivity index is 1.92. The second kappa shape index (κ2) is 5.18. The summed E-state index contributed by atoms with van der Waals surface area (Å²) in [6.07, 6.45) is 11.3. The Hall–Kier alpha value is 0.440. The second-order valence-corrected chi connectivity index (χ2v) is 5.95. The largest absolute Gasteiger partial charge is 0.371 e. The molecule has 0 aromatic carbocycles. The summed E-state index contributed by atoms with van der Waals surface area (Å²) in [5.41, 5.74) is 0.165. The molecule has 0 amide bonds. The third kappa shape index (κ3) is 3.20.